The summed E-state index contributed by atoms with van der Waals surface area (Å²) in [7, 11) is 0. The molecule has 6 heteroatoms. The van der Waals surface area contributed by atoms with Crippen LogP contribution < -0.4 is 5.32 Å². The van der Waals surface area contributed by atoms with Gasteiger partial charge in [-0.2, -0.15) is 0 Å². The Labute approximate surface area is 145 Å². The van der Waals surface area contributed by atoms with E-state index < -0.39 is 0 Å². The van der Waals surface area contributed by atoms with E-state index >= 15 is 0 Å². The lowest BCUT2D eigenvalue weighted by molar-refractivity contribution is 0.851. The van der Waals surface area contributed by atoms with Crippen LogP contribution in [0.15, 0.2) is 30.6 Å². The molecule has 0 saturated carbocycles. The predicted molar refractivity (Wildman–Crippen MR) is 96.2 cm³/mol. The van der Waals surface area contributed by atoms with Crippen LogP contribution in [0.5, 0.6) is 0 Å². The lowest BCUT2D eigenvalue weighted by atomic mass is 10.2. The van der Waals surface area contributed by atoms with Gasteiger partial charge in [0.25, 0.3) is 0 Å². The van der Waals surface area contributed by atoms with E-state index in [2.05, 4.69) is 29.1 Å². The molecule has 0 aliphatic heterocycles. The standard InChI is InChI=1S/C18H19N5S/c1-11-10-20-18(24-11)12(2)21-16-13-6-5-8-14(13)22-17(23-16)15-7-3-4-9-19-15/h3-4,7,9-10,12H,5-6,8H2,1-2H3,(H,21,22,23). The number of aromatic nitrogens is 4. The Bertz CT molecular complexity index is 859. The van der Waals surface area contributed by atoms with E-state index in [1.807, 2.05) is 24.4 Å². The highest BCUT2D eigenvalue weighted by molar-refractivity contribution is 7.11. The third-order valence-corrected chi connectivity index (χ3v) is 5.29. The number of fused-ring (bicyclic) bond motifs is 1. The summed E-state index contributed by atoms with van der Waals surface area (Å²) < 4.78 is 0. The lowest BCUT2D eigenvalue weighted by Crippen LogP contribution is -2.11. The Morgan fingerprint density at radius 1 is 1.17 bits per heavy atom. The Balaban J connectivity index is 1.70. The second-order valence-corrected chi connectivity index (χ2v) is 7.33. The Kier molecular flexibility index (Phi) is 3.98. The molecule has 1 N–H and O–H groups in total. The van der Waals surface area contributed by atoms with Crippen LogP contribution in [0.1, 0.15) is 40.5 Å². The average Bonchev–Trinajstić information content (AvgIpc) is 3.24. The summed E-state index contributed by atoms with van der Waals surface area (Å²) in [6.45, 7) is 4.21. The molecule has 3 heterocycles. The fourth-order valence-corrected chi connectivity index (χ4v) is 3.78. The zero-order chi connectivity index (χ0) is 16.5. The molecule has 0 aromatic carbocycles. The SMILES string of the molecule is Cc1cnc(C(C)Nc2nc(-c3ccccn3)nc3c2CCC3)s1. The van der Waals surface area contributed by atoms with Crippen molar-refractivity contribution >= 4 is 17.2 Å². The van der Waals surface area contributed by atoms with Gasteiger partial charge in [-0.05, 0) is 45.2 Å². The molecule has 1 aliphatic rings. The third kappa shape index (κ3) is 2.89. The van der Waals surface area contributed by atoms with Gasteiger partial charge in [0.05, 0.1) is 6.04 Å². The van der Waals surface area contributed by atoms with E-state index in [0.29, 0.717) is 5.82 Å². The van der Waals surface area contributed by atoms with E-state index in [1.165, 1.54) is 10.4 Å². The van der Waals surface area contributed by atoms with Crippen LogP contribution in [-0.4, -0.2) is 19.9 Å². The summed E-state index contributed by atoms with van der Waals surface area (Å²) in [6.07, 6.45) is 6.87. The average molecular weight is 337 g/mol. The number of hydrogen-bond acceptors (Lipinski definition) is 6. The molecule has 0 fully saturated rings. The number of nitrogens with one attached hydrogen (secondary N) is 1. The van der Waals surface area contributed by atoms with Gasteiger partial charge in [0, 0.05) is 28.5 Å². The van der Waals surface area contributed by atoms with Crippen molar-refractivity contribution in [3.63, 3.8) is 0 Å². The summed E-state index contributed by atoms with van der Waals surface area (Å²) in [5.74, 6) is 1.62. The second-order valence-electron chi connectivity index (χ2n) is 6.06. The maximum Gasteiger partial charge on any atom is 0.180 e. The second kappa shape index (κ2) is 6.28. The Morgan fingerprint density at radius 3 is 2.83 bits per heavy atom. The first-order valence-corrected chi connectivity index (χ1v) is 9.02. The normalized spacial score (nSPS) is 14.4. The molecule has 0 spiro atoms. The van der Waals surface area contributed by atoms with Crippen molar-refractivity contribution in [3.05, 3.63) is 51.7 Å². The fraction of sp³-hybridized carbons (Fsp3) is 0.333. The molecule has 24 heavy (non-hydrogen) atoms. The van der Waals surface area contributed by atoms with Gasteiger partial charge in [0.1, 0.15) is 16.5 Å². The van der Waals surface area contributed by atoms with E-state index in [1.54, 1.807) is 17.5 Å². The van der Waals surface area contributed by atoms with E-state index in [0.717, 1.165) is 41.5 Å². The van der Waals surface area contributed by atoms with Crippen LogP contribution in [0, 0.1) is 6.92 Å². The van der Waals surface area contributed by atoms with Gasteiger partial charge >= 0.3 is 0 Å². The summed E-state index contributed by atoms with van der Waals surface area (Å²) in [6, 6.07) is 5.95. The van der Waals surface area contributed by atoms with Crippen molar-refractivity contribution in [2.75, 3.05) is 5.32 Å². The molecular formula is C18H19N5S. The van der Waals surface area contributed by atoms with Crippen LogP contribution >= 0.6 is 11.3 Å². The smallest absolute Gasteiger partial charge is 0.180 e. The maximum atomic E-state index is 4.78. The number of thiazole rings is 1. The van der Waals surface area contributed by atoms with Gasteiger partial charge in [-0.3, -0.25) is 4.98 Å². The minimum absolute atomic E-state index is 0.125. The van der Waals surface area contributed by atoms with Gasteiger partial charge in [-0.15, -0.1) is 11.3 Å². The first kappa shape index (κ1) is 15.2. The molecule has 0 saturated heterocycles. The molecule has 3 aromatic heterocycles. The maximum absolute atomic E-state index is 4.78. The minimum Gasteiger partial charge on any atom is -0.361 e. The van der Waals surface area contributed by atoms with Gasteiger partial charge in [0.15, 0.2) is 5.82 Å². The summed E-state index contributed by atoms with van der Waals surface area (Å²) in [5, 5.41) is 4.63. The van der Waals surface area contributed by atoms with Crippen molar-refractivity contribution in [1.82, 2.24) is 19.9 Å². The molecule has 1 aliphatic carbocycles. The highest BCUT2D eigenvalue weighted by Gasteiger charge is 2.22. The number of aryl methyl sites for hydroxylation is 2. The quantitative estimate of drug-likeness (QED) is 0.780. The van der Waals surface area contributed by atoms with Gasteiger partial charge in [-0.1, -0.05) is 6.07 Å². The first-order valence-electron chi connectivity index (χ1n) is 8.21. The molecule has 1 atom stereocenters. The van der Waals surface area contributed by atoms with Crippen molar-refractivity contribution in [2.24, 2.45) is 0 Å². The van der Waals surface area contributed by atoms with Crippen LogP contribution in [0.4, 0.5) is 5.82 Å². The highest BCUT2D eigenvalue weighted by Crippen LogP contribution is 2.31. The summed E-state index contributed by atoms with van der Waals surface area (Å²) >= 11 is 1.72. The van der Waals surface area contributed by atoms with Crippen LogP contribution in [-0.2, 0) is 12.8 Å². The molecular weight excluding hydrogens is 318 g/mol. The molecule has 5 nitrogen and oxygen atoms in total. The molecule has 1 unspecified atom stereocenters. The molecule has 0 radical (unpaired) electrons. The van der Waals surface area contributed by atoms with Gasteiger partial charge in [-0.25, -0.2) is 15.0 Å². The molecule has 0 bridgehead atoms. The highest BCUT2D eigenvalue weighted by atomic mass is 32.1. The minimum atomic E-state index is 0.125. The monoisotopic (exact) mass is 337 g/mol. The topological polar surface area (TPSA) is 63.6 Å². The zero-order valence-corrected chi connectivity index (χ0v) is 14.6. The predicted octanol–water partition coefficient (Wildman–Crippen LogP) is 3.97. The third-order valence-electron chi connectivity index (χ3n) is 4.19. The molecule has 122 valence electrons. The van der Waals surface area contributed by atoms with Crippen molar-refractivity contribution in [3.8, 4) is 11.5 Å². The van der Waals surface area contributed by atoms with Crippen LogP contribution in [0.25, 0.3) is 11.5 Å². The first-order chi connectivity index (χ1) is 11.7. The summed E-state index contributed by atoms with van der Waals surface area (Å²) in [4.78, 5) is 19.6. The number of nitrogens with zero attached hydrogens (tertiary/aromatic N) is 4. The van der Waals surface area contributed by atoms with E-state index in [4.69, 9.17) is 9.97 Å². The lowest BCUT2D eigenvalue weighted by Gasteiger charge is -2.16. The molecule has 4 rings (SSSR count). The Hall–Kier alpha value is -2.34. The molecule has 3 aromatic rings. The number of anilines is 1. The zero-order valence-electron chi connectivity index (χ0n) is 13.8. The van der Waals surface area contributed by atoms with Gasteiger partial charge in [0.2, 0.25) is 0 Å². The largest absolute Gasteiger partial charge is 0.361 e. The van der Waals surface area contributed by atoms with Crippen molar-refractivity contribution in [2.45, 2.75) is 39.2 Å². The van der Waals surface area contributed by atoms with E-state index in [9.17, 15) is 0 Å². The number of rotatable bonds is 4. The van der Waals surface area contributed by atoms with Gasteiger partial charge < -0.3 is 5.32 Å². The summed E-state index contributed by atoms with van der Waals surface area (Å²) in [5.41, 5.74) is 3.21. The van der Waals surface area contributed by atoms with Crippen LogP contribution in [0.2, 0.25) is 0 Å². The fourth-order valence-electron chi connectivity index (χ4n) is 3.00. The molecule has 0 amide bonds. The van der Waals surface area contributed by atoms with Crippen molar-refractivity contribution in [1.29, 1.82) is 0 Å². The number of hydrogen-bond donors (Lipinski definition) is 1. The van der Waals surface area contributed by atoms with Crippen LogP contribution in [0.3, 0.4) is 0 Å². The number of pyridine rings is 1. The Morgan fingerprint density at radius 2 is 2.08 bits per heavy atom. The van der Waals surface area contributed by atoms with Crippen molar-refractivity contribution < 1.29 is 0 Å². The van der Waals surface area contributed by atoms with E-state index in [-0.39, 0.29) is 6.04 Å².